The zero-order chi connectivity index (χ0) is 15.8. The molecule has 2 aromatic rings. The molecule has 2 aliphatic rings. The molecule has 1 fully saturated rings. The molecule has 0 saturated carbocycles. The highest BCUT2D eigenvalue weighted by atomic mass is 32.2. The Morgan fingerprint density at radius 2 is 2.26 bits per heavy atom. The van der Waals surface area contributed by atoms with Crippen LogP contribution in [-0.2, 0) is 4.74 Å². The van der Waals surface area contributed by atoms with Gasteiger partial charge in [0.1, 0.15) is 16.8 Å². The molecule has 0 radical (unpaired) electrons. The SMILES string of the molecule is CC1CSc2ccccc2N1C(=O)c1csc(C2CCCO2)n1. The summed E-state index contributed by atoms with van der Waals surface area (Å²) in [4.78, 5) is 20.6. The number of ether oxygens (including phenoxy) is 1. The van der Waals surface area contributed by atoms with Gasteiger partial charge in [-0.3, -0.25) is 4.79 Å². The lowest BCUT2D eigenvalue weighted by molar-refractivity contribution is 0.0971. The number of anilines is 1. The first-order valence-corrected chi connectivity index (χ1v) is 9.73. The first-order valence-electron chi connectivity index (χ1n) is 7.86. The van der Waals surface area contributed by atoms with Crippen LogP contribution in [0.5, 0.6) is 0 Å². The molecular formula is C17H18N2O2S2. The first kappa shape index (κ1) is 15.2. The largest absolute Gasteiger partial charge is 0.371 e. The molecule has 120 valence electrons. The molecule has 0 bridgehead atoms. The van der Waals surface area contributed by atoms with Crippen molar-refractivity contribution in [3.05, 3.63) is 40.3 Å². The lowest BCUT2D eigenvalue weighted by atomic mass is 10.2. The summed E-state index contributed by atoms with van der Waals surface area (Å²) in [5.41, 5.74) is 1.53. The summed E-state index contributed by atoms with van der Waals surface area (Å²) >= 11 is 3.34. The van der Waals surface area contributed by atoms with E-state index in [1.807, 2.05) is 40.2 Å². The number of fused-ring (bicyclic) bond motifs is 1. The number of carbonyl (C=O) groups excluding carboxylic acids is 1. The van der Waals surface area contributed by atoms with E-state index in [9.17, 15) is 4.79 Å². The van der Waals surface area contributed by atoms with Crippen LogP contribution < -0.4 is 4.90 Å². The van der Waals surface area contributed by atoms with Crippen molar-refractivity contribution >= 4 is 34.7 Å². The molecule has 6 heteroatoms. The number of aromatic nitrogens is 1. The highest BCUT2D eigenvalue weighted by Crippen LogP contribution is 2.38. The van der Waals surface area contributed by atoms with Gasteiger partial charge < -0.3 is 9.64 Å². The van der Waals surface area contributed by atoms with Gasteiger partial charge in [0, 0.05) is 28.7 Å². The standard InChI is InChI=1S/C17H18N2O2S2/c1-11-9-22-15-7-3-2-5-13(15)19(11)17(20)12-10-23-16(18-12)14-6-4-8-21-14/h2-3,5,7,10-11,14H,4,6,8-9H2,1H3. The van der Waals surface area contributed by atoms with Crippen molar-refractivity contribution in [3.63, 3.8) is 0 Å². The predicted octanol–water partition coefficient (Wildman–Crippen LogP) is 4.14. The molecule has 1 amide bonds. The van der Waals surface area contributed by atoms with Gasteiger partial charge >= 0.3 is 0 Å². The van der Waals surface area contributed by atoms with Crippen LogP contribution in [0, 0.1) is 0 Å². The zero-order valence-corrected chi connectivity index (χ0v) is 14.5. The minimum absolute atomic E-state index is 0.00857. The second-order valence-electron chi connectivity index (χ2n) is 5.88. The van der Waals surface area contributed by atoms with Gasteiger partial charge in [-0.05, 0) is 31.9 Å². The van der Waals surface area contributed by atoms with Crippen molar-refractivity contribution in [2.24, 2.45) is 0 Å². The summed E-state index contributed by atoms with van der Waals surface area (Å²) in [6.45, 7) is 2.88. The molecule has 0 spiro atoms. The van der Waals surface area contributed by atoms with Crippen LogP contribution in [0.2, 0.25) is 0 Å². The Labute approximate surface area is 143 Å². The average molecular weight is 346 g/mol. The fourth-order valence-corrected chi connectivity index (χ4v) is 4.97. The third-order valence-electron chi connectivity index (χ3n) is 4.21. The molecule has 0 N–H and O–H groups in total. The summed E-state index contributed by atoms with van der Waals surface area (Å²) in [5.74, 6) is 0.900. The van der Waals surface area contributed by atoms with E-state index in [2.05, 4.69) is 18.0 Å². The molecule has 0 aliphatic carbocycles. The van der Waals surface area contributed by atoms with Crippen molar-refractivity contribution in [1.82, 2.24) is 4.98 Å². The monoisotopic (exact) mass is 346 g/mol. The molecule has 2 unspecified atom stereocenters. The van der Waals surface area contributed by atoms with Crippen LogP contribution in [0.3, 0.4) is 0 Å². The first-order chi connectivity index (χ1) is 11.2. The Hall–Kier alpha value is -1.37. The summed E-state index contributed by atoms with van der Waals surface area (Å²) < 4.78 is 5.67. The molecule has 2 atom stereocenters. The van der Waals surface area contributed by atoms with Crippen molar-refractivity contribution in [2.45, 2.75) is 36.8 Å². The van der Waals surface area contributed by atoms with Crippen LogP contribution >= 0.6 is 23.1 Å². The lowest BCUT2D eigenvalue weighted by Gasteiger charge is -2.34. The minimum Gasteiger partial charge on any atom is -0.371 e. The number of hydrogen-bond acceptors (Lipinski definition) is 5. The molecule has 3 heterocycles. The summed E-state index contributed by atoms with van der Waals surface area (Å²) in [6.07, 6.45) is 2.14. The molecule has 23 heavy (non-hydrogen) atoms. The van der Waals surface area contributed by atoms with Gasteiger partial charge in [-0.25, -0.2) is 4.98 Å². The van der Waals surface area contributed by atoms with Gasteiger partial charge in [-0.1, -0.05) is 12.1 Å². The fourth-order valence-electron chi connectivity index (χ4n) is 3.04. The van der Waals surface area contributed by atoms with Crippen molar-refractivity contribution in [2.75, 3.05) is 17.3 Å². The van der Waals surface area contributed by atoms with Gasteiger partial charge in [-0.2, -0.15) is 0 Å². The van der Waals surface area contributed by atoms with Crippen LogP contribution in [0.25, 0.3) is 0 Å². The van der Waals surface area contributed by atoms with E-state index in [4.69, 9.17) is 4.74 Å². The quantitative estimate of drug-likeness (QED) is 0.820. The molecular weight excluding hydrogens is 328 g/mol. The van der Waals surface area contributed by atoms with Crippen LogP contribution in [-0.4, -0.2) is 29.3 Å². The van der Waals surface area contributed by atoms with Gasteiger partial charge in [0.05, 0.1) is 5.69 Å². The summed E-state index contributed by atoms with van der Waals surface area (Å²) in [7, 11) is 0. The average Bonchev–Trinajstić information content (AvgIpc) is 3.25. The minimum atomic E-state index is -0.00857. The Morgan fingerprint density at radius 3 is 3.09 bits per heavy atom. The molecule has 1 saturated heterocycles. The number of thiazole rings is 1. The predicted molar refractivity (Wildman–Crippen MR) is 93.5 cm³/mol. The van der Waals surface area contributed by atoms with E-state index < -0.39 is 0 Å². The third-order valence-corrected chi connectivity index (χ3v) is 6.45. The van der Waals surface area contributed by atoms with E-state index in [0.717, 1.165) is 40.8 Å². The second-order valence-corrected chi connectivity index (χ2v) is 7.83. The highest BCUT2D eigenvalue weighted by molar-refractivity contribution is 7.99. The van der Waals surface area contributed by atoms with Gasteiger partial charge in [0.25, 0.3) is 5.91 Å². The third kappa shape index (κ3) is 2.79. The number of thioether (sulfide) groups is 1. The normalized spacial score (nSPS) is 23.8. The van der Waals surface area contributed by atoms with E-state index in [1.54, 1.807) is 0 Å². The number of rotatable bonds is 2. The van der Waals surface area contributed by atoms with Crippen molar-refractivity contribution in [3.8, 4) is 0 Å². The van der Waals surface area contributed by atoms with Crippen LogP contribution in [0.4, 0.5) is 5.69 Å². The smallest absolute Gasteiger partial charge is 0.278 e. The lowest BCUT2D eigenvalue weighted by Crippen LogP contribution is -2.42. The number of amides is 1. The van der Waals surface area contributed by atoms with Crippen LogP contribution in [0.15, 0.2) is 34.5 Å². The number of nitrogens with zero attached hydrogens (tertiary/aromatic N) is 2. The number of hydrogen-bond donors (Lipinski definition) is 0. The fraction of sp³-hybridized carbons (Fsp3) is 0.412. The molecule has 1 aromatic carbocycles. The molecule has 2 aliphatic heterocycles. The summed E-state index contributed by atoms with van der Waals surface area (Å²) in [6, 6.07) is 8.25. The van der Waals surface area contributed by atoms with Gasteiger partial charge in [0.15, 0.2) is 0 Å². The number of carbonyl (C=O) groups is 1. The molecule has 4 rings (SSSR count). The van der Waals surface area contributed by atoms with Crippen molar-refractivity contribution < 1.29 is 9.53 Å². The maximum atomic E-state index is 13.0. The van der Waals surface area contributed by atoms with E-state index >= 15 is 0 Å². The van der Waals surface area contributed by atoms with Crippen molar-refractivity contribution in [1.29, 1.82) is 0 Å². The van der Waals surface area contributed by atoms with Crippen LogP contribution in [0.1, 0.15) is 41.4 Å². The molecule has 4 nitrogen and oxygen atoms in total. The number of benzene rings is 1. The highest BCUT2D eigenvalue weighted by Gasteiger charge is 2.31. The summed E-state index contributed by atoms with van der Waals surface area (Å²) in [5, 5.41) is 2.80. The zero-order valence-electron chi connectivity index (χ0n) is 12.9. The Balaban J connectivity index is 1.63. The Kier molecular flexibility index (Phi) is 4.13. The van der Waals surface area contributed by atoms with E-state index in [-0.39, 0.29) is 18.1 Å². The van der Waals surface area contributed by atoms with Gasteiger partial charge in [-0.15, -0.1) is 23.1 Å². The maximum Gasteiger partial charge on any atom is 0.278 e. The second kappa shape index (κ2) is 6.26. The maximum absolute atomic E-state index is 13.0. The molecule has 1 aromatic heterocycles. The number of para-hydroxylation sites is 1. The topological polar surface area (TPSA) is 42.4 Å². The van der Waals surface area contributed by atoms with Gasteiger partial charge in [0.2, 0.25) is 0 Å². The Morgan fingerprint density at radius 1 is 1.39 bits per heavy atom. The van der Waals surface area contributed by atoms with E-state index in [0.29, 0.717) is 5.69 Å². The van der Waals surface area contributed by atoms with E-state index in [1.165, 1.54) is 11.3 Å². The Bertz CT molecular complexity index is 725.